The molecule has 2 aromatic carbocycles. The lowest BCUT2D eigenvalue weighted by Crippen LogP contribution is -2.38. The van der Waals surface area contributed by atoms with Crippen LogP contribution in [-0.4, -0.2) is 47.8 Å². The zero-order valence-corrected chi connectivity index (χ0v) is 20.9. The number of sulfone groups is 1. The third-order valence-electron chi connectivity index (χ3n) is 4.53. The van der Waals surface area contributed by atoms with Crippen LogP contribution in [0.2, 0.25) is 0 Å². The molecule has 0 saturated heterocycles. The van der Waals surface area contributed by atoms with Crippen molar-refractivity contribution in [2.45, 2.75) is 24.8 Å². The molecule has 0 heterocycles. The molecule has 0 unspecified atom stereocenters. The molecule has 9 heteroatoms. The van der Waals surface area contributed by atoms with Gasteiger partial charge in [-0.05, 0) is 48.7 Å². The van der Waals surface area contributed by atoms with E-state index in [1.54, 1.807) is 32.2 Å². The molecule has 0 aliphatic carbocycles. The number of halogens is 2. The maximum absolute atomic E-state index is 13.3. The fourth-order valence-corrected chi connectivity index (χ4v) is 3.97. The molecule has 0 aliphatic rings. The number of nitrogens with one attached hydrogen (secondary N) is 2. The Hall–Kier alpha value is -1.88. The molecule has 6 nitrogen and oxygen atoms in total. The van der Waals surface area contributed by atoms with E-state index in [4.69, 9.17) is 0 Å². The maximum Gasteiger partial charge on any atom is 0.191 e. The monoisotopic (exact) mass is 548 g/mol. The fourth-order valence-electron chi connectivity index (χ4n) is 3.01. The molecule has 2 N–H and O–H groups in total. The highest BCUT2D eigenvalue weighted by Crippen LogP contribution is 2.16. The molecule has 0 aromatic heterocycles. The Labute approximate surface area is 195 Å². The molecule has 30 heavy (non-hydrogen) atoms. The van der Waals surface area contributed by atoms with Crippen LogP contribution >= 0.6 is 24.0 Å². The van der Waals surface area contributed by atoms with Gasteiger partial charge in [0.05, 0.1) is 4.90 Å². The number of hydrogen-bond acceptors (Lipinski definition) is 4. The first-order chi connectivity index (χ1) is 13.7. The van der Waals surface area contributed by atoms with Crippen LogP contribution in [-0.2, 0) is 16.4 Å². The van der Waals surface area contributed by atoms with Crippen molar-refractivity contribution in [3.05, 3.63) is 59.4 Å². The minimum absolute atomic E-state index is 0. The summed E-state index contributed by atoms with van der Waals surface area (Å²) in [6, 6.07) is 11.8. The zero-order valence-electron chi connectivity index (χ0n) is 17.8. The molecule has 166 valence electrons. The van der Waals surface area contributed by atoms with Gasteiger partial charge in [-0.15, -0.1) is 24.0 Å². The van der Waals surface area contributed by atoms with Crippen LogP contribution in [0.3, 0.4) is 0 Å². The third kappa shape index (κ3) is 8.10. The summed E-state index contributed by atoms with van der Waals surface area (Å²) in [6.45, 7) is 3.82. The van der Waals surface area contributed by atoms with E-state index in [0.717, 1.165) is 29.8 Å². The molecule has 0 fully saturated rings. The van der Waals surface area contributed by atoms with E-state index >= 15 is 0 Å². The van der Waals surface area contributed by atoms with Crippen LogP contribution in [0.4, 0.5) is 10.1 Å². The second kappa shape index (κ2) is 12.1. The molecule has 2 aromatic rings. The summed E-state index contributed by atoms with van der Waals surface area (Å²) in [6.07, 6.45) is 2.07. The summed E-state index contributed by atoms with van der Waals surface area (Å²) in [5.41, 5.74) is 2.55. The number of aliphatic imine (C=N–C) groups is 1. The molecule has 0 bridgehead atoms. The van der Waals surface area contributed by atoms with Crippen molar-refractivity contribution < 1.29 is 12.8 Å². The van der Waals surface area contributed by atoms with E-state index in [1.165, 1.54) is 18.4 Å². The van der Waals surface area contributed by atoms with Gasteiger partial charge in [0.1, 0.15) is 5.82 Å². The van der Waals surface area contributed by atoms with Gasteiger partial charge in [0.15, 0.2) is 15.8 Å². The minimum Gasteiger partial charge on any atom is -0.374 e. The number of nitrogens with zero attached hydrogens (tertiary/aromatic N) is 2. The molecule has 0 saturated carbocycles. The topological polar surface area (TPSA) is 73.8 Å². The van der Waals surface area contributed by atoms with Crippen LogP contribution in [0.25, 0.3) is 0 Å². The van der Waals surface area contributed by atoms with E-state index in [2.05, 4.69) is 15.6 Å². The van der Waals surface area contributed by atoms with Gasteiger partial charge in [-0.25, -0.2) is 12.8 Å². The van der Waals surface area contributed by atoms with E-state index in [0.29, 0.717) is 23.9 Å². The molecule has 0 spiro atoms. The average Bonchev–Trinajstić information content (AvgIpc) is 2.66. The standard InChI is InChI=1S/C21H29FN4O2S.HI/c1-16-13-17(9-10-20(16)29(4,27)28)15-25-21(23-2)24-11-6-12-26(3)19-8-5-7-18(22)14-19;/h5,7-10,13-14H,6,11-12,15H2,1-4H3,(H2,23,24,25);1H. The van der Waals surface area contributed by atoms with Crippen molar-refractivity contribution >= 4 is 45.5 Å². The number of anilines is 1. The zero-order chi connectivity index (χ0) is 21.4. The Balaban J connectivity index is 0.00000450. The Kier molecular flexibility index (Phi) is 10.5. The van der Waals surface area contributed by atoms with Gasteiger partial charge >= 0.3 is 0 Å². The van der Waals surface area contributed by atoms with Gasteiger partial charge < -0.3 is 15.5 Å². The maximum atomic E-state index is 13.3. The molecular weight excluding hydrogens is 518 g/mol. The molecule has 0 radical (unpaired) electrons. The highest BCUT2D eigenvalue weighted by Gasteiger charge is 2.11. The first-order valence-electron chi connectivity index (χ1n) is 9.41. The van der Waals surface area contributed by atoms with Crippen molar-refractivity contribution in [1.29, 1.82) is 0 Å². The largest absolute Gasteiger partial charge is 0.374 e. The smallest absolute Gasteiger partial charge is 0.191 e. The minimum atomic E-state index is -3.21. The Morgan fingerprint density at radius 2 is 1.90 bits per heavy atom. The SMILES string of the molecule is CN=C(NCCCN(C)c1cccc(F)c1)NCc1ccc(S(C)(=O)=O)c(C)c1.I. The quantitative estimate of drug-likeness (QED) is 0.229. The van der Waals surface area contributed by atoms with Crippen molar-refractivity contribution in [3.63, 3.8) is 0 Å². The van der Waals surface area contributed by atoms with Gasteiger partial charge in [-0.2, -0.15) is 0 Å². The summed E-state index contributed by atoms with van der Waals surface area (Å²) in [7, 11) is 0.423. The van der Waals surface area contributed by atoms with Crippen molar-refractivity contribution in [1.82, 2.24) is 10.6 Å². The number of aryl methyl sites for hydroxylation is 1. The molecule has 2 rings (SSSR count). The van der Waals surface area contributed by atoms with Gasteiger partial charge in [0.2, 0.25) is 0 Å². The first kappa shape index (κ1) is 26.2. The van der Waals surface area contributed by atoms with Gasteiger partial charge in [-0.3, -0.25) is 4.99 Å². The normalized spacial score (nSPS) is 11.6. The lowest BCUT2D eigenvalue weighted by molar-refractivity contribution is 0.601. The molecular formula is C21H30FIN4O2S. The van der Waals surface area contributed by atoms with E-state index < -0.39 is 9.84 Å². The summed E-state index contributed by atoms with van der Waals surface area (Å²) in [5, 5.41) is 6.48. The second-order valence-corrected chi connectivity index (χ2v) is 8.96. The predicted molar refractivity (Wildman–Crippen MR) is 132 cm³/mol. The fraction of sp³-hybridized carbons (Fsp3) is 0.381. The summed E-state index contributed by atoms with van der Waals surface area (Å²) < 4.78 is 36.7. The lowest BCUT2D eigenvalue weighted by Gasteiger charge is -2.20. The van der Waals surface area contributed by atoms with Crippen molar-refractivity contribution in [3.8, 4) is 0 Å². The van der Waals surface area contributed by atoms with Crippen LogP contribution in [0.1, 0.15) is 17.5 Å². The van der Waals surface area contributed by atoms with E-state index in [1.807, 2.05) is 24.1 Å². The van der Waals surface area contributed by atoms with E-state index in [-0.39, 0.29) is 29.8 Å². The molecule has 0 amide bonds. The second-order valence-electron chi connectivity index (χ2n) is 6.98. The average molecular weight is 548 g/mol. The Morgan fingerprint density at radius 1 is 1.17 bits per heavy atom. The number of rotatable bonds is 8. The van der Waals surface area contributed by atoms with Crippen LogP contribution in [0.15, 0.2) is 52.4 Å². The van der Waals surface area contributed by atoms with Gasteiger partial charge in [-0.1, -0.05) is 18.2 Å². The summed E-state index contributed by atoms with van der Waals surface area (Å²) >= 11 is 0. The lowest BCUT2D eigenvalue weighted by atomic mass is 10.1. The molecule has 0 atom stereocenters. The van der Waals surface area contributed by atoms with Gasteiger partial charge in [0.25, 0.3) is 0 Å². The van der Waals surface area contributed by atoms with Gasteiger partial charge in [0, 0.05) is 45.7 Å². The number of guanidine groups is 1. The highest BCUT2D eigenvalue weighted by atomic mass is 127. The van der Waals surface area contributed by atoms with Crippen LogP contribution in [0, 0.1) is 12.7 Å². The number of hydrogen-bond donors (Lipinski definition) is 2. The first-order valence-corrected chi connectivity index (χ1v) is 11.3. The third-order valence-corrected chi connectivity index (χ3v) is 5.79. The number of benzene rings is 2. The summed E-state index contributed by atoms with van der Waals surface area (Å²) in [4.78, 5) is 6.56. The van der Waals surface area contributed by atoms with Crippen molar-refractivity contribution in [2.24, 2.45) is 4.99 Å². The summed E-state index contributed by atoms with van der Waals surface area (Å²) in [5.74, 6) is 0.431. The molecule has 0 aliphatic heterocycles. The Bertz CT molecular complexity index is 967. The van der Waals surface area contributed by atoms with Crippen LogP contribution < -0.4 is 15.5 Å². The predicted octanol–water partition coefficient (Wildman–Crippen LogP) is 3.35. The highest BCUT2D eigenvalue weighted by molar-refractivity contribution is 14.0. The van der Waals surface area contributed by atoms with Crippen LogP contribution in [0.5, 0.6) is 0 Å². The van der Waals surface area contributed by atoms with E-state index in [9.17, 15) is 12.8 Å². The Morgan fingerprint density at radius 3 is 2.50 bits per heavy atom. The van der Waals surface area contributed by atoms with Crippen molar-refractivity contribution in [2.75, 3.05) is 38.3 Å².